The molecule has 0 heterocycles. The van der Waals surface area contributed by atoms with Gasteiger partial charge in [0.1, 0.15) is 0 Å². The minimum Gasteiger partial charge on any atom is -0.379 e. The topological polar surface area (TPSA) is 20.2 Å². The van der Waals surface area contributed by atoms with Crippen LogP contribution in [0.15, 0.2) is 23.1 Å². The molecule has 0 amide bonds. The van der Waals surface area contributed by atoms with Gasteiger partial charge in [-0.1, -0.05) is 31.5 Å². The van der Waals surface area contributed by atoms with Gasteiger partial charge in [0, 0.05) is 20.7 Å². The van der Waals surface area contributed by atoms with Crippen LogP contribution in [-0.2, 0) is 0 Å². The second kappa shape index (κ2) is 5.50. The van der Waals surface area contributed by atoms with Crippen molar-refractivity contribution in [1.29, 1.82) is 0 Å². The predicted octanol–water partition coefficient (Wildman–Crippen LogP) is 4.44. The van der Waals surface area contributed by atoms with E-state index in [1.165, 1.54) is 23.9 Å². The molecule has 6 heteroatoms. The maximum atomic E-state index is 12.5. The Kier molecular flexibility index (Phi) is 4.75. The molecule has 0 spiro atoms. The Hall–Kier alpha value is -0.390. The number of thioether (sulfide) groups is 1. The van der Waals surface area contributed by atoms with Crippen molar-refractivity contribution in [2.45, 2.75) is 36.3 Å². The van der Waals surface area contributed by atoms with Gasteiger partial charge >= 0.3 is 6.18 Å². The molecule has 96 valence electrons. The fourth-order valence-corrected chi connectivity index (χ4v) is 2.65. The third kappa shape index (κ3) is 3.79. The summed E-state index contributed by atoms with van der Waals surface area (Å²) in [6, 6.07) is 4.44. The van der Waals surface area contributed by atoms with Gasteiger partial charge in [0.05, 0.1) is 0 Å². The summed E-state index contributed by atoms with van der Waals surface area (Å²) >= 11 is 6.98. The van der Waals surface area contributed by atoms with Crippen molar-refractivity contribution >= 4 is 23.4 Å². The zero-order valence-electron chi connectivity index (χ0n) is 9.25. The second-order valence-electron chi connectivity index (χ2n) is 3.76. The first kappa shape index (κ1) is 14.7. The van der Waals surface area contributed by atoms with Crippen molar-refractivity contribution in [3.8, 4) is 0 Å². The molecule has 0 fully saturated rings. The summed E-state index contributed by atoms with van der Waals surface area (Å²) in [5.74, 6) is 0. The number of halogens is 4. The van der Waals surface area contributed by atoms with Gasteiger partial charge in [-0.15, -0.1) is 11.8 Å². The van der Waals surface area contributed by atoms with Gasteiger partial charge in [0.25, 0.3) is 0 Å². The van der Waals surface area contributed by atoms with Gasteiger partial charge in [-0.05, 0) is 12.1 Å². The van der Waals surface area contributed by atoms with E-state index in [-0.39, 0.29) is 15.8 Å². The Morgan fingerprint density at radius 1 is 1.29 bits per heavy atom. The first-order valence-electron chi connectivity index (χ1n) is 4.93. The van der Waals surface area contributed by atoms with Gasteiger partial charge in [0.2, 0.25) is 0 Å². The molecule has 1 atom stereocenters. The Bertz CT molecular complexity index is 393. The zero-order valence-corrected chi connectivity index (χ0v) is 10.8. The lowest BCUT2D eigenvalue weighted by Gasteiger charge is -2.20. The van der Waals surface area contributed by atoms with E-state index in [4.69, 9.17) is 11.6 Å². The molecule has 0 aliphatic rings. The molecule has 1 aromatic carbocycles. The molecule has 0 radical (unpaired) electrons. The summed E-state index contributed by atoms with van der Waals surface area (Å²) in [6.07, 6.45) is -7.26. The van der Waals surface area contributed by atoms with E-state index in [1.807, 2.05) is 13.8 Å². The summed E-state index contributed by atoms with van der Waals surface area (Å²) < 4.78 is 37.5. The van der Waals surface area contributed by atoms with E-state index < -0.39 is 12.3 Å². The number of alkyl halides is 3. The number of hydrogen-bond donors (Lipinski definition) is 1. The third-order valence-corrected chi connectivity index (χ3v) is 3.37. The first-order valence-corrected chi connectivity index (χ1v) is 6.19. The average Bonchev–Trinajstić information content (AvgIpc) is 2.14. The molecule has 1 unspecified atom stereocenters. The Morgan fingerprint density at radius 2 is 1.88 bits per heavy atom. The van der Waals surface area contributed by atoms with Crippen LogP contribution in [0.2, 0.25) is 5.02 Å². The van der Waals surface area contributed by atoms with Gasteiger partial charge in [-0.2, -0.15) is 13.2 Å². The van der Waals surface area contributed by atoms with Crippen LogP contribution < -0.4 is 0 Å². The highest BCUT2D eigenvalue weighted by Gasteiger charge is 2.41. The number of rotatable bonds is 3. The van der Waals surface area contributed by atoms with Gasteiger partial charge in [-0.25, -0.2) is 0 Å². The van der Waals surface area contributed by atoms with E-state index in [2.05, 4.69) is 0 Å². The monoisotopic (exact) mass is 284 g/mol. The highest BCUT2D eigenvalue weighted by Crippen LogP contribution is 2.41. The van der Waals surface area contributed by atoms with Crippen molar-refractivity contribution in [3.05, 3.63) is 28.8 Å². The van der Waals surface area contributed by atoms with Gasteiger partial charge in [0.15, 0.2) is 6.10 Å². The molecular formula is C11H12ClF3OS. The lowest BCUT2D eigenvalue weighted by molar-refractivity contribution is -0.207. The largest absolute Gasteiger partial charge is 0.418 e. The highest BCUT2D eigenvalue weighted by atomic mass is 35.5. The summed E-state index contributed by atoms with van der Waals surface area (Å²) in [4.78, 5) is 0.359. The molecule has 1 aromatic rings. The lowest BCUT2D eigenvalue weighted by atomic mass is 10.1. The van der Waals surface area contributed by atoms with Crippen molar-refractivity contribution in [1.82, 2.24) is 0 Å². The van der Waals surface area contributed by atoms with E-state index in [0.717, 1.165) is 0 Å². The van der Waals surface area contributed by atoms with Crippen molar-refractivity contribution in [3.63, 3.8) is 0 Å². The summed E-state index contributed by atoms with van der Waals surface area (Å²) in [6.45, 7) is 3.71. The predicted molar refractivity (Wildman–Crippen MR) is 63.5 cm³/mol. The van der Waals surface area contributed by atoms with Crippen LogP contribution in [0, 0.1) is 0 Å². The molecule has 0 bridgehead atoms. The van der Waals surface area contributed by atoms with Crippen LogP contribution in [0.3, 0.4) is 0 Å². The SMILES string of the molecule is CC(C)Sc1cccc(Cl)c1C(O)C(F)(F)F. The van der Waals surface area contributed by atoms with Gasteiger partial charge in [-0.3, -0.25) is 0 Å². The maximum absolute atomic E-state index is 12.5. The first-order chi connectivity index (χ1) is 7.73. The Morgan fingerprint density at radius 3 is 2.35 bits per heavy atom. The number of hydrogen-bond acceptors (Lipinski definition) is 2. The van der Waals surface area contributed by atoms with Crippen LogP contribution in [0.5, 0.6) is 0 Å². The Labute approximate surface area is 107 Å². The summed E-state index contributed by atoms with van der Waals surface area (Å²) in [5, 5.41) is 9.34. The number of aliphatic hydroxyl groups excluding tert-OH is 1. The quantitative estimate of drug-likeness (QED) is 0.828. The highest BCUT2D eigenvalue weighted by molar-refractivity contribution is 8.00. The van der Waals surface area contributed by atoms with E-state index >= 15 is 0 Å². The number of benzene rings is 1. The van der Waals surface area contributed by atoms with Crippen LogP contribution in [0.1, 0.15) is 25.5 Å². The number of aliphatic hydroxyl groups is 1. The molecule has 17 heavy (non-hydrogen) atoms. The lowest BCUT2D eigenvalue weighted by Crippen LogP contribution is -2.21. The van der Waals surface area contributed by atoms with Crippen LogP contribution in [-0.4, -0.2) is 16.5 Å². The zero-order chi connectivity index (χ0) is 13.2. The van der Waals surface area contributed by atoms with Crippen LogP contribution in [0.4, 0.5) is 13.2 Å². The molecular weight excluding hydrogens is 273 g/mol. The van der Waals surface area contributed by atoms with Crippen molar-refractivity contribution in [2.75, 3.05) is 0 Å². The van der Waals surface area contributed by atoms with E-state index in [9.17, 15) is 18.3 Å². The molecule has 1 N–H and O–H groups in total. The van der Waals surface area contributed by atoms with E-state index in [1.54, 1.807) is 6.07 Å². The molecule has 0 aliphatic carbocycles. The fourth-order valence-electron chi connectivity index (χ4n) is 1.30. The standard InChI is InChI=1S/C11H12ClF3OS/c1-6(2)17-8-5-3-4-7(12)9(8)10(16)11(13,14)15/h3-6,10,16H,1-2H3. The van der Waals surface area contributed by atoms with E-state index in [0.29, 0.717) is 4.90 Å². The van der Waals surface area contributed by atoms with Crippen molar-refractivity contribution < 1.29 is 18.3 Å². The molecule has 0 aromatic heterocycles. The fraction of sp³-hybridized carbons (Fsp3) is 0.455. The summed E-state index contributed by atoms with van der Waals surface area (Å²) in [5.41, 5.74) is -0.264. The second-order valence-corrected chi connectivity index (χ2v) is 5.79. The molecule has 1 rings (SSSR count). The minimum atomic E-state index is -4.71. The molecule has 0 aliphatic heterocycles. The summed E-state index contributed by atoms with van der Waals surface area (Å²) in [7, 11) is 0. The average molecular weight is 285 g/mol. The van der Waals surface area contributed by atoms with Gasteiger partial charge < -0.3 is 5.11 Å². The van der Waals surface area contributed by atoms with Crippen molar-refractivity contribution in [2.24, 2.45) is 0 Å². The molecule has 1 nitrogen and oxygen atoms in total. The normalized spacial score (nSPS) is 14.1. The third-order valence-electron chi connectivity index (χ3n) is 1.96. The van der Waals surface area contributed by atoms with Crippen LogP contribution in [0.25, 0.3) is 0 Å². The minimum absolute atomic E-state index is 0.0690. The Balaban J connectivity index is 3.20. The molecule has 0 saturated carbocycles. The maximum Gasteiger partial charge on any atom is 0.418 e. The molecule has 0 saturated heterocycles. The smallest absolute Gasteiger partial charge is 0.379 e. The van der Waals surface area contributed by atoms with Crippen LogP contribution >= 0.6 is 23.4 Å².